The maximum atomic E-state index is 8.23. The first-order chi connectivity index (χ1) is 8.38. The molecular formula is C13H13NO2S. The Bertz CT molecular complexity index is 445. The summed E-state index contributed by atoms with van der Waals surface area (Å²) < 4.78 is 3.97. The lowest BCUT2D eigenvalue weighted by Crippen LogP contribution is -1.90. The molecule has 2 aromatic rings. The molecule has 0 heterocycles. The molecule has 0 aliphatic carbocycles. The summed E-state index contributed by atoms with van der Waals surface area (Å²) in [6.45, 7) is 0. The molecule has 0 unspecified atom stereocenters. The third kappa shape index (κ3) is 3.78. The van der Waals surface area contributed by atoms with E-state index in [-0.39, 0.29) is 0 Å². The van der Waals surface area contributed by atoms with Crippen molar-refractivity contribution in [1.82, 2.24) is 0 Å². The van der Waals surface area contributed by atoms with Gasteiger partial charge in [-0.2, -0.15) is 4.33 Å². The molecule has 0 amide bonds. The molecule has 0 atom stereocenters. The number of hydrogen-bond donors (Lipinski definition) is 2. The van der Waals surface area contributed by atoms with Crippen LogP contribution in [-0.4, -0.2) is 5.26 Å². The minimum absolute atomic E-state index is 0.627. The number of hydrogen-bond acceptors (Lipinski definition) is 4. The van der Waals surface area contributed by atoms with Crippen molar-refractivity contribution in [1.29, 1.82) is 0 Å². The lowest BCUT2D eigenvalue weighted by Gasteiger charge is -2.06. The summed E-state index contributed by atoms with van der Waals surface area (Å²) >= 11 is 1.01. The molecule has 0 aliphatic rings. The average molecular weight is 247 g/mol. The van der Waals surface area contributed by atoms with Crippen molar-refractivity contribution in [3.63, 3.8) is 0 Å². The van der Waals surface area contributed by atoms with Gasteiger partial charge in [0.1, 0.15) is 0 Å². The van der Waals surface area contributed by atoms with Crippen LogP contribution in [0.2, 0.25) is 0 Å². The van der Waals surface area contributed by atoms with E-state index < -0.39 is 0 Å². The molecule has 3 nitrogen and oxygen atoms in total. The van der Waals surface area contributed by atoms with Crippen molar-refractivity contribution < 1.29 is 9.59 Å². The van der Waals surface area contributed by atoms with Crippen molar-refractivity contribution in [3.05, 3.63) is 60.2 Å². The Morgan fingerprint density at radius 1 is 0.941 bits per heavy atom. The Balaban J connectivity index is 1.98. The molecule has 88 valence electrons. The molecule has 0 aliphatic heterocycles. The van der Waals surface area contributed by atoms with E-state index in [2.05, 4.69) is 9.65 Å². The molecule has 2 rings (SSSR count). The predicted octanol–water partition coefficient (Wildman–Crippen LogP) is 4.07. The fraction of sp³-hybridized carbons (Fsp3) is 0.0769. The lowest BCUT2D eigenvalue weighted by atomic mass is 10.2. The van der Waals surface area contributed by atoms with Crippen LogP contribution in [0.3, 0.4) is 0 Å². The average Bonchev–Trinajstić information content (AvgIpc) is 2.39. The Morgan fingerprint density at radius 3 is 2.24 bits per heavy atom. The van der Waals surface area contributed by atoms with Crippen LogP contribution in [0, 0.1) is 0 Å². The third-order valence-corrected chi connectivity index (χ3v) is 2.85. The van der Waals surface area contributed by atoms with Crippen molar-refractivity contribution in [2.24, 2.45) is 0 Å². The van der Waals surface area contributed by atoms with Crippen LogP contribution in [0.1, 0.15) is 5.56 Å². The number of para-hydroxylation sites is 1. The molecule has 0 bridgehead atoms. The van der Waals surface area contributed by atoms with Crippen LogP contribution in [0.4, 0.5) is 11.4 Å². The van der Waals surface area contributed by atoms with Crippen LogP contribution >= 0.6 is 12.0 Å². The van der Waals surface area contributed by atoms with Crippen molar-refractivity contribution >= 4 is 23.4 Å². The topological polar surface area (TPSA) is 41.5 Å². The summed E-state index contributed by atoms with van der Waals surface area (Å²) in [6, 6.07) is 18.0. The zero-order valence-corrected chi connectivity index (χ0v) is 9.98. The first kappa shape index (κ1) is 12.0. The molecule has 0 saturated carbocycles. The van der Waals surface area contributed by atoms with E-state index in [1.807, 2.05) is 54.6 Å². The van der Waals surface area contributed by atoms with Gasteiger partial charge in [-0.3, -0.25) is 0 Å². The molecule has 2 aromatic carbocycles. The highest BCUT2D eigenvalue weighted by atomic mass is 32.2. The molecule has 0 spiro atoms. The molecule has 2 N–H and O–H groups in total. The van der Waals surface area contributed by atoms with Gasteiger partial charge in [0.05, 0.1) is 0 Å². The minimum atomic E-state index is 0.627. The SMILES string of the molecule is OOSCc1ccc(Nc2ccccc2)cc1. The van der Waals surface area contributed by atoms with Gasteiger partial charge in [-0.25, -0.2) is 5.26 Å². The largest absolute Gasteiger partial charge is 0.356 e. The van der Waals surface area contributed by atoms with E-state index in [1.165, 1.54) is 0 Å². The normalized spacial score (nSPS) is 10.2. The highest BCUT2D eigenvalue weighted by molar-refractivity contribution is 7.93. The molecule has 0 radical (unpaired) electrons. The quantitative estimate of drug-likeness (QED) is 0.475. The van der Waals surface area contributed by atoms with E-state index in [0.29, 0.717) is 5.75 Å². The molecule has 4 heteroatoms. The van der Waals surface area contributed by atoms with E-state index in [0.717, 1.165) is 29.0 Å². The maximum Gasteiger partial charge on any atom is 0.0480 e. The smallest absolute Gasteiger partial charge is 0.0480 e. The summed E-state index contributed by atoms with van der Waals surface area (Å²) in [6.07, 6.45) is 0. The van der Waals surface area contributed by atoms with Crippen LogP contribution in [0.25, 0.3) is 0 Å². The van der Waals surface area contributed by atoms with Crippen LogP contribution in [0.5, 0.6) is 0 Å². The van der Waals surface area contributed by atoms with Crippen LogP contribution in [-0.2, 0) is 10.1 Å². The Hall–Kier alpha value is -1.49. The zero-order valence-electron chi connectivity index (χ0n) is 9.17. The highest BCUT2D eigenvalue weighted by Crippen LogP contribution is 2.18. The fourth-order valence-corrected chi connectivity index (χ4v) is 1.85. The molecule has 17 heavy (non-hydrogen) atoms. The number of benzene rings is 2. The fourth-order valence-electron chi connectivity index (χ4n) is 1.47. The minimum Gasteiger partial charge on any atom is -0.356 e. The third-order valence-electron chi connectivity index (χ3n) is 2.29. The molecule has 0 aromatic heterocycles. The molecule has 0 saturated heterocycles. The Morgan fingerprint density at radius 2 is 1.59 bits per heavy atom. The first-order valence-corrected chi connectivity index (χ1v) is 6.13. The second-order valence-electron chi connectivity index (χ2n) is 3.52. The predicted molar refractivity (Wildman–Crippen MR) is 71.2 cm³/mol. The summed E-state index contributed by atoms with van der Waals surface area (Å²) in [5.74, 6) is 0.627. The van der Waals surface area contributed by atoms with E-state index >= 15 is 0 Å². The van der Waals surface area contributed by atoms with Crippen LogP contribution < -0.4 is 5.32 Å². The lowest BCUT2D eigenvalue weighted by molar-refractivity contribution is -0.116. The van der Waals surface area contributed by atoms with Gasteiger partial charge in [-0.1, -0.05) is 30.3 Å². The van der Waals surface area contributed by atoms with Gasteiger partial charge >= 0.3 is 0 Å². The molecule has 0 fully saturated rings. The van der Waals surface area contributed by atoms with E-state index in [4.69, 9.17) is 5.26 Å². The second kappa shape index (κ2) is 6.30. The van der Waals surface area contributed by atoms with Gasteiger partial charge < -0.3 is 5.32 Å². The zero-order chi connectivity index (χ0) is 11.9. The Kier molecular flexibility index (Phi) is 4.44. The number of anilines is 2. The number of nitrogens with one attached hydrogen (secondary N) is 1. The van der Waals surface area contributed by atoms with Crippen molar-refractivity contribution in [3.8, 4) is 0 Å². The number of rotatable bonds is 5. The monoisotopic (exact) mass is 247 g/mol. The summed E-state index contributed by atoms with van der Waals surface area (Å²) in [5, 5.41) is 11.5. The summed E-state index contributed by atoms with van der Waals surface area (Å²) in [4.78, 5) is 0. The standard InChI is InChI=1S/C13H13NO2S/c15-16-17-10-11-6-8-13(9-7-11)14-12-4-2-1-3-5-12/h1-9,14-15H,10H2. The van der Waals surface area contributed by atoms with Crippen molar-refractivity contribution in [2.75, 3.05) is 5.32 Å². The highest BCUT2D eigenvalue weighted by Gasteiger charge is 1.96. The van der Waals surface area contributed by atoms with Crippen LogP contribution in [0.15, 0.2) is 54.6 Å². The second-order valence-corrected chi connectivity index (χ2v) is 4.20. The first-order valence-electron chi connectivity index (χ1n) is 5.22. The van der Waals surface area contributed by atoms with E-state index in [1.54, 1.807) is 0 Å². The van der Waals surface area contributed by atoms with Gasteiger partial charge in [0.25, 0.3) is 0 Å². The maximum absolute atomic E-state index is 8.23. The van der Waals surface area contributed by atoms with Gasteiger partial charge in [0.15, 0.2) is 0 Å². The summed E-state index contributed by atoms with van der Waals surface area (Å²) in [7, 11) is 0. The van der Waals surface area contributed by atoms with Crippen molar-refractivity contribution in [2.45, 2.75) is 5.75 Å². The van der Waals surface area contributed by atoms with Gasteiger partial charge in [-0.05, 0) is 29.8 Å². The van der Waals surface area contributed by atoms with Gasteiger partial charge in [-0.15, -0.1) is 0 Å². The Labute approximate surface area is 105 Å². The van der Waals surface area contributed by atoms with Gasteiger partial charge in [0.2, 0.25) is 0 Å². The van der Waals surface area contributed by atoms with Gasteiger partial charge in [0, 0.05) is 29.2 Å². The summed E-state index contributed by atoms with van der Waals surface area (Å²) in [5.41, 5.74) is 3.20. The van der Waals surface area contributed by atoms with E-state index in [9.17, 15) is 0 Å². The molecular weight excluding hydrogens is 234 g/mol.